The van der Waals surface area contributed by atoms with Crippen molar-refractivity contribution in [2.24, 2.45) is 0 Å². The van der Waals surface area contributed by atoms with E-state index in [1.807, 2.05) is 6.92 Å². The lowest BCUT2D eigenvalue weighted by atomic mass is 9.95. The number of aldehydes is 1. The number of allylic oxidation sites excluding steroid dienone is 4. The van der Waals surface area contributed by atoms with Crippen LogP contribution in [-0.2, 0) is 4.79 Å². The predicted octanol–water partition coefficient (Wildman–Crippen LogP) is 6.00. The molecule has 2 aliphatic rings. The molecule has 0 radical (unpaired) electrons. The highest BCUT2D eigenvalue weighted by Crippen LogP contribution is 2.30. The van der Waals surface area contributed by atoms with E-state index >= 15 is 0 Å². The molecule has 3 heterocycles. The van der Waals surface area contributed by atoms with Gasteiger partial charge in [0.05, 0.1) is 6.20 Å². The van der Waals surface area contributed by atoms with Gasteiger partial charge in [-0.25, -0.2) is 4.98 Å². The Kier molecular flexibility index (Phi) is 11.1. The van der Waals surface area contributed by atoms with Gasteiger partial charge in [-0.1, -0.05) is 13.5 Å². The number of thioether (sulfide) groups is 1. The first-order valence-corrected chi connectivity index (χ1v) is 12.8. The number of carbonyl (C=O) groups is 1. The van der Waals surface area contributed by atoms with Crippen LogP contribution >= 0.6 is 11.8 Å². The summed E-state index contributed by atoms with van der Waals surface area (Å²) in [5.74, 6) is 2.74. The number of halogens is 3. The molecule has 1 N–H and O–H groups in total. The van der Waals surface area contributed by atoms with E-state index in [1.54, 1.807) is 30.2 Å². The van der Waals surface area contributed by atoms with E-state index in [2.05, 4.69) is 42.6 Å². The van der Waals surface area contributed by atoms with Crippen LogP contribution in [0.4, 0.5) is 13.2 Å². The summed E-state index contributed by atoms with van der Waals surface area (Å²) in [6.07, 6.45) is 5.75. The molecule has 0 spiro atoms. The second kappa shape index (κ2) is 13.5. The SMILES string of the molecule is C=C1C=CC(Oc2ncccc2OCC(F)(F)F)=CN1/C(CC)=C(\C)C=O.CNC1(C)CCSCC1. The maximum atomic E-state index is 12.4. The topological polar surface area (TPSA) is 63.7 Å². The predicted molar refractivity (Wildman–Crippen MR) is 138 cm³/mol. The van der Waals surface area contributed by atoms with Gasteiger partial charge in [0.25, 0.3) is 5.88 Å². The van der Waals surface area contributed by atoms with Crippen LogP contribution in [0, 0.1) is 0 Å². The van der Waals surface area contributed by atoms with Crippen LogP contribution in [0.15, 0.2) is 66.0 Å². The lowest BCUT2D eigenvalue weighted by Gasteiger charge is -2.32. The highest BCUT2D eigenvalue weighted by molar-refractivity contribution is 7.99. The molecule has 198 valence electrons. The number of hydrogen-bond acceptors (Lipinski definition) is 7. The fraction of sp³-hybridized carbons (Fsp3) is 0.462. The lowest BCUT2D eigenvalue weighted by Crippen LogP contribution is -2.42. The number of nitrogens with zero attached hydrogens (tertiary/aromatic N) is 2. The monoisotopic (exact) mass is 525 g/mol. The van der Waals surface area contributed by atoms with E-state index in [9.17, 15) is 18.0 Å². The summed E-state index contributed by atoms with van der Waals surface area (Å²) in [5, 5.41) is 3.37. The number of pyridine rings is 1. The smallest absolute Gasteiger partial charge is 0.422 e. The molecular formula is C26H34F3N3O3S. The maximum absolute atomic E-state index is 12.4. The van der Waals surface area contributed by atoms with Crippen LogP contribution in [0.25, 0.3) is 0 Å². The van der Waals surface area contributed by atoms with Gasteiger partial charge in [-0.15, -0.1) is 0 Å². The minimum absolute atomic E-state index is 0.0979. The quantitative estimate of drug-likeness (QED) is 0.330. The van der Waals surface area contributed by atoms with Gasteiger partial charge in [-0.05, 0) is 75.9 Å². The molecule has 1 aromatic heterocycles. The van der Waals surface area contributed by atoms with E-state index in [-0.39, 0.29) is 11.6 Å². The maximum Gasteiger partial charge on any atom is 0.422 e. The molecule has 1 fully saturated rings. The first kappa shape index (κ1) is 29.5. The Morgan fingerprint density at radius 2 is 2.03 bits per heavy atom. The van der Waals surface area contributed by atoms with E-state index in [4.69, 9.17) is 9.47 Å². The Labute approximate surface area is 215 Å². The molecule has 3 rings (SSSR count). The standard InChI is InChI=1S/C19H19F3N2O3.C7H15NS/c1-4-16(13(2)11-25)24-10-15(8-7-14(24)3)27-18-17(6-5-9-23-18)26-12-19(20,21)22;1-7(8-2)3-5-9-6-4-7/h5-11H,3-4,12H2,1-2H3;8H,3-6H2,1-2H3/b16-13+;. The van der Waals surface area contributed by atoms with Crippen molar-refractivity contribution < 1.29 is 27.4 Å². The van der Waals surface area contributed by atoms with Crippen molar-refractivity contribution in [1.82, 2.24) is 15.2 Å². The van der Waals surface area contributed by atoms with Gasteiger partial charge in [0.2, 0.25) is 0 Å². The zero-order chi connectivity index (χ0) is 26.8. The minimum Gasteiger partial charge on any atom is -0.478 e. The van der Waals surface area contributed by atoms with E-state index in [0.717, 1.165) is 12.0 Å². The molecule has 1 saturated heterocycles. The summed E-state index contributed by atoms with van der Waals surface area (Å²) in [7, 11) is 2.07. The molecule has 0 atom stereocenters. The molecule has 0 bridgehead atoms. The molecule has 6 nitrogen and oxygen atoms in total. The van der Waals surface area contributed by atoms with Crippen molar-refractivity contribution in [2.75, 3.05) is 25.2 Å². The molecule has 0 amide bonds. The van der Waals surface area contributed by atoms with Crippen LogP contribution in [0.1, 0.15) is 40.0 Å². The molecule has 10 heteroatoms. The van der Waals surface area contributed by atoms with Crippen LogP contribution in [-0.4, -0.2) is 53.0 Å². The molecule has 0 aliphatic carbocycles. The number of rotatable bonds is 8. The highest BCUT2D eigenvalue weighted by Gasteiger charge is 2.29. The minimum atomic E-state index is -4.47. The summed E-state index contributed by atoms with van der Waals surface area (Å²) < 4.78 is 47.6. The van der Waals surface area contributed by atoms with Crippen molar-refractivity contribution in [1.29, 1.82) is 0 Å². The van der Waals surface area contributed by atoms with Crippen LogP contribution in [0.3, 0.4) is 0 Å². The van der Waals surface area contributed by atoms with Crippen molar-refractivity contribution >= 4 is 18.0 Å². The lowest BCUT2D eigenvalue weighted by molar-refractivity contribution is -0.153. The summed E-state index contributed by atoms with van der Waals surface area (Å²) >= 11 is 2.07. The molecule has 2 aliphatic heterocycles. The van der Waals surface area contributed by atoms with Gasteiger partial charge >= 0.3 is 6.18 Å². The van der Waals surface area contributed by atoms with Gasteiger partial charge in [0, 0.05) is 28.7 Å². The number of carbonyl (C=O) groups excluding carboxylic acids is 1. The Morgan fingerprint density at radius 3 is 2.58 bits per heavy atom. The Morgan fingerprint density at radius 1 is 1.33 bits per heavy atom. The molecule has 0 unspecified atom stereocenters. The largest absolute Gasteiger partial charge is 0.478 e. The van der Waals surface area contributed by atoms with Crippen molar-refractivity contribution in [3.8, 4) is 11.6 Å². The average Bonchev–Trinajstić information content (AvgIpc) is 2.86. The number of ether oxygens (including phenoxy) is 2. The van der Waals surface area contributed by atoms with Gasteiger partial charge < -0.3 is 19.7 Å². The fourth-order valence-electron chi connectivity index (χ4n) is 3.44. The summed E-state index contributed by atoms with van der Waals surface area (Å²) in [6.45, 7) is 8.36. The first-order chi connectivity index (χ1) is 17.0. The van der Waals surface area contributed by atoms with Crippen molar-refractivity contribution in [3.05, 3.63) is 66.0 Å². The van der Waals surface area contributed by atoms with E-state index in [1.165, 1.54) is 42.7 Å². The van der Waals surface area contributed by atoms with E-state index < -0.39 is 12.8 Å². The van der Waals surface area contributed by atoms with Crippen LogP contribution in [0.2, 0.25) is 0 Å². The number of alkyl halides is 3. The van der Waals surface area contributed by atoms with Gasteiger partial charge in [0.15, 0.2) is 12.4 Å². The Bertz CT molecular complexity index is 1000. The Hall–Kier alpha value is -2.72. The second-order valence-corrected chi connectivity index (χ2v) is 9.79. The summed E-state index contributed by atoms with van der Waals surface area (Å²) in [4.78, 5) is 16.8. The molecule has 0 saturated carbocycles. The fourth-order valence-corrected chi connectivity index (χ4v) is 4.83. The third-order valence-electron chi connectivity index (χ3n) is 5.81. The summed E-state index contributed by atoms with van der Waals surface area (Å²) in [6, 6.07) is 2.79. The molecular weight excluding hydrogens is 491 g/mol. The van der Waals surface area contributed by atoms with Gasteiger partial charge in [-0.3, -0.25) is 4.79 Å². The van der Waals surface area contributed by atoms with Crippen LogP contribution in [0.5, 0.6) is 11.6 Å². The highest BCUT2D eigenvalue weighted by atomic mass is 32.2. The second-order valence-electron chi connectivity index (χ2n) is 8.56. The van der Waals surface area contributed by atoms with Gasteiger partial charge in [-0.2, -0.15) is 24.9 Å². The van der Waals surface area contributed by atoms with Crippen molar-refractivity contribution in [2.45, 2.75) is 51.7 Å². The number of aromatic nitrogens is 1. The Balaban J connectivity index is 0.000000425. The van der Waals surface area contributed by atoms with Crippen LogP contribution < -0.4 is 14.8 Å². The molecule has 1 aromatic rings. The third kappa shape index (κ3) is 9.05. The zero-order valence-electron chi connectivity index (χ0n) is 21.2. The van der Waals surface area contributed by atoms with Crippen molar-refractivity contribution in [3.63, 3.8) is 0 Å². The van der Waals surface area contributed by atoms with Gasteiger partial charge in [0.1, 0.15) is 12.0 Å². The molecule has 36 heavy (non-hydrogen) atoms. The summed E-state index contributed by atoms with van der Waals surface area (Å²) in [5.41, 5.74) is 2.34. The third-order valence-corrected chi connectivity index (χ3v) is 6.79. The zero-order valence-corrected chi connectivity index (χ0v) is 22.0. The number of hydrogen-bond donors (Lipinski definition) is 1. The molecule has 0 aromatic carbocycles. The van der Waals surface area contributed by atoms with E-state index in [0.29, 0.717) is 29.0 Å². The first-order valence-electron chi connectivity index (χ1n) is 11.6. The number of nitrogens with one attached hydrogen (secondary N) is 1. The average molecular weight is 526 g/mol. The normalized spacial score (nSPS) is 17.9.